The van der Waals surface area contributed by atoms with Crippen LogP contribution >= 0.6 is 15.9 Å². The molecule has 1 aliphatic rings. The molecule has 0 spiro atoms. The van der Waals surface area contributed by atoms with E-state index in [-0.39, 0.29) is 22.5 Å². The summed E-state index contributed by atoms with van der Waals surface area (Å²) >= 11 is 3.04. The first-order chi connectivity index (χ1) is 9.67. The van der Waals surface area contributed by atoms with Gasteiger partial charge in [0.15, 0.2) is 0 Å². The van der Waals surface area contributed by atoms with Crippen LogP contribution in [0.5, 0.6) is 0 Å². The molecule has 4 nitrogen and oxygen atoms in total. The first-order valence-corrected chi connectivity index (χ1v) is 8.72. The molecule has 118 valence electrons. The molecular weight excluding hydrogens is 373 g/mol. The van der Waals surface area contributed by atoms with Gasteiger partial charge in [0.25, 0.3) is 0 Å². The van der Waals surface area contributed by atoms with E-state index in [1.165, 1.54) is 6.07 Å². The van der Waals surface area contributed by atoms with Crippen LogP contribution in [-0.2, 0) is 16.2 Å². The predicted molar refractivity (Wildman–Crippen MR) is 77.6 cm³/mol. The minimum Gasteiger partial charge on any atom is -0.313 e. The molecule has 2 rings (SSSR count). The second-order valence-electron chi connectivity index (χ2n) is 4.84. The van der Waals surface area contributed by atoms with Gasteiger partial charge in [0.2, 0.25) is 10.0 Å². The average molecular weight is 387 g/mol. The summed E-state index contributed by atoms with van der Waals surface area (Å²) in [6.07, 6.45) is -2.45. The summed E-state index contributed by atoms with van der Waals surface area (Å²) in [6, 6.07) is 3.20. The van der Waals surface area contributed by atoms with E-state index in [4.69, 9.17) is 0 Å². The number of anilines is 1. The molecule has 0 aromatic heterocycles. The van der Waals surface area contributed by atoms with Crippen LogP contribution in [0.4, 0.5) is 18.9 Å². The van der Waals surface area contributed by atoms with Crippen molar-refractivity contribution in [3.63, 3.8) is 0 Å². The number of nitrogens with one attached hydrogen (secondary N) is 2. The van der Waals surface area contributed by atoms with Crippen LogP contribution in [-0.4, -0.2) is 26.8 Å². The highest BCUT2D eigenvalue weighted by molar-refractivity contribution is 9.10. The van der Waals surface area contributed by atoms with E-state index in [9.17, 15) is 21.6 Å². The Morgan fingerprint density at radius 2 is 1.95 bits per heavy atom. The third kappa shape index (κ3) is 5.15. The van der Waals surface area contributed by atoms with Gasteiger partial charge in [-0.1, -0.05) is 0 Å². The molecule has 1 aliphatic carbocycles. The van der Waals surface area contributed by atoms with Gasteiger partial charge in [-0.15, -0.1) is 0 Å². The molecule has 0 aliphatic heterocycles. The molecule has 0 amide bonds. The Hall–Kier alpha value is -0.800. The molecular formula is C12H14BrF3N2O2S. The van der Waals surface area contributed by atoms with Crippen LogP contribution in [0.15, 0.2) is 22.7 Å². The summed E-state index contributed by atoms with van der Waals surface area (Å²) in [5.41, 5.74) is -1.02. The fraction of sp³-hybridized carbons (Fsp3) is 0.500. The molecule has 0 saturated heterocycles. The van der Waals surface area contributed by atoms with Crippen molar-refractivity contribution in [1.82, 2.24) is 5.32 Å². The van der Waals surface area contributed by atoms with Crippen molar-refractivity contribution in [2.75, 3.05) is 17.0 Å². The van der Waals surface area contributed by atoms with E-state index < -0.39 is 21.8 Å². The largest absolute Gasteiger partial charge is 0.416 e. The maximum Gasteiger partial charge on any atom is 0.416 e. The van der Waals surface area contributed by atoms with E-state index in [1.54, 1.807) is 0 Å². The lowest BCUT2D eigenvalue weighted by Crippen LogP contribution is -2.28. The van der Waals surface area contributed by atoms with Gasteiger partial charge in [0.05, 0.1) is 17.0 Å². The second-order valence-corrected chi connectivity index (χ2v) is 7.54. The zero-order chi connectivity index (χ0) is 15.7. The summed E-state index contributed by atoms with van der Waals surface area (Å²) in [6.45, 7) is 0.274. The lowest BCUT2D eigenvalue weighted by Gasteiger charge is -2.13. The maximum atomic E-state index is 12.6. The molecule has 0 bridgehead atoms. The fourth-order valence-corrected chi connectivity index (χ4v) is 3.15. The van der Waals surface area contributed by atoms with E-state index in [0.717, 1.165) is 25.0 Å². The summed E-state index contributed by atoms with van der Waals surface area (Å²) in [5.74, 6) is -0.188. The highest BCUT2D eigenvalue weighted by Gasteiger charge is 2.31. The Kier molecular flexibility index (Phi) is 4.84. The molecule has 1 aromatic carbocycles. The van der Waals surface area contributed by atoms with Crippen molar-refractivity contribution >= 4 is 31.6 Å². The maximum absolute atomic E-state index is 12.6. The van der Waals surface area contributed by atoms with Gasteiger partial charge in [-0.2, -0.15) is 13.2 Å². The predicted octanol–water partition coefficient (Wildman–Crippen LogP) is 2.96. The zero-order valence-corrected chi connectivity index (χ0v) is 13.3. The molecule has 2 N–H and O–H groups in total. The summed E-state index contributed by atoms with van der Waals surface area (Å²) in [7, 11) is -3.70. The number of benzene rings is 1. The monoisotopic (exact) mass is 386 g/mol. The van der Waals surface area contributed by atoms with Crippen LogP contribution < -0.4 is 10.0 Å². The van der Waals surface area contributed by atoms with E-state index in [2.05, 4.69) is 26.0 Å². The van der Waals surface area contributed by atoms with Crippen molar-refractivity contribution in [3.8, 4) is 0 Å². The Morgan fingerprint density at radius 3 is 2.52 bits per heavy atom. The van der Waals surface area contributed by atoms with Crippen LogP contribution in [0.3, 0.4) is 0 Å². The molecule has 21 heavy (non-hydrogen) atoms. The van der Waals surface area contributed by atoms with Crippen LogP contribution in [0.2, 0.25) is 0 Å². The van der Waals surface area contributed by atoms with Crippen molar-refractivity contribution in [2.45, 2.75) is 25.1 Å². The SMILES string of the molecule is O=S(=O)(CCNC1CC1)Nc1cc(C(F)(F)F)ccc1Br. The standard InChI is InChI=1S/C12H14BrF3N2O2S/c13-10-4-1-8(12(14,15)16)7-11(10)18-21(19,20)6-5-17-9-2-3-9/h1,4,7,9,17-18H,2-3,5-6H2. The van der Waals surface area contributed by atoms with Crippen LogP contribution in [0.25, 0.3) is 0 Å². The molecule has 0 atom stereocenters. The Morgan fingerprint density at radius 1 is 1.29 bits per heavy atom. The molecule has 0 unspecified atom stereocenters. The molecule has 9 heteroatoms. The highest BCUT2D eigenvalue weighted by atomic mass is 79.9. The van der Waals surface area contributed by atoms with Gasteiger partial charge in [-0.25, -0.2) is 8.42 Å². The van der Waals surface area contributed by atoms with Gasteiger partial charge in [0.1, 0.15) is 0 Å². The lowest BCUT2D eigenvalue weighted by molar-refractivity contribution is -0.137. The summed E-state index contributed by atoms with van der Waals surface area (Å²) in [4.78, 5) is 0. The Balaban J connectivity index is 2.06. The van der Waals surface area contributed by atoms with Gasteiger partial charge in [-0.05, 0) is 47.0 Å². The quantitative estimate of drug-likeness (QED) is 0.789. The van der Waals surface area contributed by atoms with E-state index in [1.807, 2.05) is 0 Å². The second kappa shape index (κ2) is 6.13. The summed E-state index contributed by atoms with van der Waals surface area (Å²) < 4.78 is 64.0. The van der Waals surface area contributed by atoms with Gasteiger partial charge in [-0.3, -0.25) is 4.72 Å². The summed E-state index contributed by atoms with van der Waals surface area (Å²) in [5, 5.41) is 3.04. The third-order valence-corrected chi connectivity index (χ3v) is 4.90. The molecule has 1 aromatic rings. The number of halogens is 4. The van der Waals surface area contributed by atoms with E-state index >= 15 is 0 Å². The fourth-order valence-electron chi connectivity index (χ4n) is 1.68. The topological polar surface area (TPSA) is 58.2 Å². The number of hydrogen-bond donors (Lipinski definition) is 2. The van der Waals surface area contributed by atoms with Gasteiger partial charge >= 0.3 is 6.18 Å². The number of rotatable bonds is 6. The first kappa shape index (κ1) is 16.6. The minimum absolute atomic E-state index is 0.115. The molecule has 1 fully saturated rings. The smallest absolute Gasteiger partial charge is 0.313 e. The first-order valence-electron chi connectivity index (χ1n) is 6.28. The van der Waals surface area contributed by atoms with Crippen LogP contribution in [0, 0.1) is 0 Å². The normalized spacial score (nSPS) is 16.0. The van der Waals surface area contributed by atoms with Gasteiger partial charge < -0.3 is 5.32 Å². The van der Waals surface area contributed by atoms with Gasteiger partial charge in [0, 0.05) is 17.1 Å². The molecule has 0 radical (unpaired) electrons. The minimum atomic E-state index is -4.52. The van der Waals surface area contributed by atoms with E-state index in [0.29, 0.717) is 6.04 Å². The third-order valence-electron chi connectivity index (χ3n) is 2.94. The molecule has 1 saturated carbocycles. The van der Waals surface area contributed by atoms with Crippen molar-refractivity contribution in [2.24, 2.45) is 0 Å². The zero-order valence-electron chi connectivity index (χ0n) is 10.9. The average Bonchev–Trinajstić information content (AvgIpc) is 3.14. The number of sulfonamides is 1. The lowest BCUT2D eigenvalue weighted by atomic mass is 10.2. The Labute approximate surface area is 129 Å². The highest BCUT2D eigenvalue weighted by Crippen LogP contribution is 2.34. The number of hydrogen-bond acceptors (Lipinski definition) is 3. The molecule has 0 heterocycles. The van der Waals surface area contributed by atoms with Crippen molar-refractivity contribution in [3.05, 3.63) is 28.2 Å². The Bertz CT molecular complexity index is 615. The van der Waals surface area contributed by atoms with Crippen molar-refractivity contribution in [1.29, 1.82) is 0 Å². The number of alkyl halides is 3. The van der Waals surface area contributed by atoms with Crippen molar-refractivity contribution < 1.29 is 21.6 Å². The van der Waals surface area contributed by atoms with Crippen LogP contribution in [0.1, 0.15) is 18.4 Å².